The van der Waals surface area contributed by atoms with E-state index in [2.05, 4.69) is 15.6 Å². The molecule has 0 atom stereocenters. The number of aromatic nitrogens is 1. The second-order valence-electron chi connectivity index (χ2n) is 5.04. The molecule has 0 spiro atoms. The molecule has 0 radical (unpaired) electrons. The minimum atomic E-state index is -0.551. The van der Waals surface area contributed by atoms with Gasteiger partial charge in [-0.1, -0.05) is 13.0 Å². The van der Waals surface area contributed by atoms with Gasteiger partial charge in [0.2, 0.25) is 0 Å². The van der Waals surface area contributed by atoms with E-state index in [4.69, 9.17) is 0 Å². The first kappa shape index (κ1) is 15.4. The number of hydrogen-bond donors (Lipinski definition) is 2. The van der Waals surface area contributed by atoms with Crippen molar-refractivity contribution in [3.8, 4) is 0 Å². The lowest BCUT2D eigenvalue weighted by Gasteiger charge is -2.19. The Morgan fingerprint density at radius 1 is 1.38 bits per heavy atom. The molecular weight excluding hydrogens is 268 g/mol. The highest BCUT2D eigenvalue weighted by Gasteiger charge is 2.22. The molecule has 2 N–H and O–H groups in total. The number of amides is 2. The average molecular weight is 290 g/mol. The van der Waals surface area contributed by atoms with E-state index in [1.165, 1.54) is 0 Å². The first-order valence-corrected chi connectivity index (χ1v) is 7.43. The van der Waals surface area contributed by atoms with Gasteiger partial charge in [0.25, 0.3) is 0 Å². The van der Waals surface area contributed by atoms with Gasteiger partial charge in [0.15, 0.2) is 0 Å². The van der Waals surface area contributed by atoms with Crippen LogP contribution >= 0.6 is 0 Å². The summed E-state index contributed by atoms with van der Waals surface area (Å²) in [4.78, 5) is 29.9. The van der Waals surface area contributed by atoms with Crippen molar-refractivity contribution in [2.24, 2.45) is 0 Å². The van der Waals surface area contributed by atoms with Crippen LogP contribution in [0.5, 0.6) is 0 Å². The fourth-order valence-corrected chi connectivity index (χ4v) is 2.38. The SMILES string of the molecule is CCc1cccnc1CNC(=O)C(=O)N1CCCNCC1. The lowest BCUT2D eigenvalue weighted by Crippen LogP contribution is -2.44. The van der Waals surface area contributed by atoms with Gasteiger partial charge in [-0.3, -0.25) is 14.6 Å². The van der Waals surface area contributed by atoms with Gasteiger partial charge in [0.05, 0.1) is 12.2 Å². The monoisotopic (exact) mass is 290 g/mol. The predicted octanol–water partition coefficient (Wildman–Crippen LogP) is 0.0821. The van der Waals surface area contributed by atoms with Gasteiger partial charge in [-0.25, -0.2) is 0 Å². The van der Waals surface area contributed by atoms with Crippen LogP contribution in [0.25, 0.3) is 0 Å². The first-order chi connectivity index (χ1) is 10.2. The van der Waals surface area contributed by atoms with Gasteiger partial charge >= 0.3 is 11.8 Å². The number of aryl methyl sites for hydroxylation is 1. The van der Waals surface area contributed by atoms with E-state index >= 15 is 0 Å². The quantitative estimate of drug-likeness (QED) is 0.773. The lowest BCUT2D eigenvalue weighted by atomic mass is 10.1. The Hall–Kier alpha value is -1.95. The minimum absolute atomic E-state index is 0.292. The number of carbonyl (C=O) groups is 2. The van der Waals surface area contributed by atoms with Crippen molar-refractivity contribution in [2.45, 2.75) is 26.3 Å². The molecule has 6 heteroatoms. The standard InChI is InChI=1S/C15H22N4O2/c1-2-12-5-3-7-17-13(12)11-18-14(20)15(21)19-9-4-6-16-8-10-19/h3,5,7,16H,2,4,6,8-11H2,1H3,(H,18,20). The van der Waals surface area contributed by atoms with E-state index < -0.39 is 11.8 Å². The number of nitrogens with one attached hydrogen (secondary N) is 2. The number of nitrogens with zero attached hydrogens (tertiary/aromatic N) is 2. The van der Waals surface area contributed by atoms with Gasteiger partial charge < -0.3 is 15.5 Å². The highest BCUT2D eigenvalue weighted by molar-refractivity contribution is 6.34. The predicted molar refractivity (Wildman–Crippen MR) is 79.5 cm³/mol. The number of carbonyl (C=O) groups excluding carboxylic acids is 2. The molecule has 0 aliphatic carbocycles. The minimum Gasteiger partial charge on any atom is -0.342 e. The highest BCUT2D eigenvalue weighted by atomic mass is 16.2. The van der Waals surface area contributed by atoms with E-state index in [1.807, 2.05) is 19.1 Å². The van der Waals surface area contributed by atoms with E-state index in [0.29, 0.717) is 19.6 Å². The molecule has 1 saturated heterocycles. The van der Waals surface area contributed by atoms with E-state index in [1.54, 1.807) is 11.1 Å². The zero-order chi connectivity index (χ0) is 15.1. The van der Waals surface area contributed by atoms with E-state index in [-0.39, 0.29) is 0 Å². The molecular formula is C15H22N4O2. The second kappa shape index (κ2) is 7.73. The molecule has 1 aliphatic rings. The zero-order valence-electron chi connectivity index (χ0n) is 12.4. The molecule has 1 aromatic rings. The Kier molecular flexibility index (Phi) is 5.68. The zero-order valence-corrected chi connectivity index (χ0v) is 12.4. The van der Waals surface area contributed by atoms with Gasteiger partial charge in [0.1, 0.15) is 0 Å². The summed E-state index contributed by atoms with van der Waals surface area (Å²) in [7, 11) is 0. The maximum atomic E-state index is 12.1. The summed E-state index contributed by atoms with van der Waals surface area (Å²) in [5.74, 6) is -1.00. The van der Waals surface area contributed by atoms with Crippen LogP contribution in [-0.2, 0) is 22.6 Å². The molecule has 21 heavy (non-hydrogen) atoms. The van der Waals surface area contributed by atoms with Crippen molar-refractivity contribution in [1.82, 2.24) is 20.5 Å². The van der Waals surface area contributed by atoms with Crippen molar-refractivity contribution < 1.29 is 9.59 Å². The summed E-state index contributed by atoms with van der Waals surface area (Å²) in [5.41, 5.74) is 1.91. The Morgan fingerprint density at radius 2 is 2.24 bits per heavy atom. The Labute approximate surface area is 124 Å². The summed E-state index contributed by atoms with van der Waals surface area (Å²) >= 11 is 0. The molecule has 0 aromatic carbocycles. The maximum absolute atomic E-state index is 12.1. The van der Waals surface area contributed by atoms with Crippen molar-refractivity contribution in [3.63, 3.8) is 0 Å². The third kappa shape index (κ3) is 4.26. The Morgan fingerprint density at radius 3 is 3.05 bits per heavy atom. The molecule has 6 nitrogen and oxygen atoms in total. The summed E-state index contributed by atoms with van der Waals surface area (Å²) in [6.07, 6.45) is 3.42. The van der Waals surface area contributed by atoms with Crippen molar-refractivity contribution >= 4 is 11.8 Å². The topological polar surface area (TPSA) is 74.3 Å². The smallest absolute Gasteiger partial charge is 0.311 e. The molecule has 1 aromatic heterocycles. The lowest BCUT2D eigenvalue weighted by molar-refractivity contribution is -0.145. The van der Waals surface area contributed by atoms with Gasteiger partial charge in [0, 0.05) is 25.8 Å². The Balaban J connectivity index is 1.90. The van der Waals surface area contributed by atoms with Crippen molar-refractivity contribution in [1.29, 1.82) is 0 Å². The number of rotatable bonds is 3. The molecule has 0 bridgehead atoms. The van der Waals surface area contributed by atoms with Crippen LogP contribution in [0.4, 0.5) is 0 Å². The van der Waals surface area contributed by atoms with Crippen LogP contribution in [0.1, 0.15) is 24.6 Å². The molecule has 114 valence electrons. The highest BCUT2D eigenvalue weighted by Crippen LogP contribution is 2.05. The summed E-state index contributed by atoms with van der Waals surface area (Å²) in [6.45, 7) is 5.16. The summed E-state index contributed by atoms with van der Waals surface area (Å²) < 4.78 is 0. The molecule has 0 saturated carbocycles. The molecule has 1 aliphatic heterocycles. The fraction of sp³-hybridized carbons (Fsp3) is 0.533. The number of pyridine rings is 1. The summed E-state index contributed by atoms with van der Waals surface area (Å²) in [5, 5.41) is 5.89. The maximum Gasteiger partial charge on any atom is 0.311 e. The molecule has 0 unspecified atom stereocenters. The molecule has 2 rings (SSSR count). The van der Waals surface area contributed by atoms with Crippen LogP contribution in [0.3, 0.4) is 0 Å². The van der Waals surface area contributed by atoms with Gasteiger partial charge in [-0.05, 0) is 31.0 Å². The van der Waals surface area contributed by atoms with Gasteiger partial charge in [-0.2, -0.15) is 0 Å². The first-order valence-electron chi connectivity index (χ1n) is 7.43. The van der Waals surface area contributed by atoms with Crippen LogP contribution in [0.15, 0.2) is 18.3 Å². The Bertz CT molecular complexity index is 496. The van der Waals surface area contributed by atoms with Crippen LogP contribution in [-0.4, -0.2) is 47.9 Å². The fourth-order valence-electron chi connectivity index (χ4n) is 2.38. The second-order valence-corrected chi connectivity index (χ2v) is 5.04. The largest absolute Gasteiger partial charge is 0.342 e. The summed E-state index contributed by atoms with van der Waals surface area (Å²) in [6, 6.07) is 3.86. The van der Waals surface area contributed by atoms with E-state index in [0.717, 1.165) is 37.2 Å². The normalized spacial score (nSPS) is 15.4. The number of hydrogen-bond acceptors (Lipinski definition) is 4. The average Bonchev–Trinajstić information content (AvgIpc) is 2.81. The van der Waals surface area contributed by atoms with Crippen molar-refractivity contribution in [3.05, 3.63) is 29.6 Å². The molecule has 2 amide bonds. The molecule has 1 fully saturated rings. The van der Waals surface area contributed by atoms with Gasteiger partial charge in [-0.15, -0.1) is 0 Å². The third-order valence-corrected chi connectivity index (χ3v) is 3.60. The van der Waals surface area contributed by atoms with Crippen LogP contribution in [0.2, 0.25) is 0 Å². The van der Waals surface area contributed by atoms with Crippen LogP contribution < -0.4 is 10.6 Å². The van der Waals surface area contributed by atoms with Crippen molar-refractivity contribution in [2.75, 3.05) is 26.2 Å². The third-order valence-electron chi connectivity index (χ3n) is 3.60. The van der Waals surface area contributed by atoms with Crippen LogP contribution in [0, 0.1) is 0 Å². The molecule has 2 heterocycles. The van der Waals surface area contributed by atoms with E-state index in [9.17, 15) is 9.59 Å².